The summed E-state index contributed by atoms with van der Waals surface area (Å²) in [4.78, 5) is 3.35. The van der Waals surface area contributed by atoms with Crippen LogP contribution in [0.5, 0.6) is 0 Å². The molecule has 0 aromatic heterocycles. The number of fused-ring (bicyclic) bond motifs is 5. The van der Waals surface area contributed by atoms with Crippen LogP contribution in [0.15, 0.2) is 5.11 Å². The summed E-state index contributed by atoms with van der Waals surface area (Å²) in [6.07, 6.45) is 14.6. The van der Waals surface area contributed by atoms with Gasteiger partial charge in [0.05, 0.1) is 5.54 Å². The fourth-order valence-electron chi connectivity index (χ4n) is 8.33. The van der Waals surface area contributed by atoms with Crippen LogP contribution in [0.1, 0.15) is 91.4 Å². The van der Waals surface area contributed by atoms with E-state index in [0.717, 1.165) is 36.5 Å². The summed E-state index contributed by atoms with van der Waals surface area (Å²) in [6.45, 7) is 7.53. The Morgan fingerprint density at radius 3 is 2.50 bits per heavy atom. The first-order chi connectivity index (χ1) is 11.5. The van der Waals surface area contributed by atoms with Gasteiger partial charge < -0.3 is 0 Å². The van der Waals surface area contributed by atoms with Crippen molar-refractivity contribution < 1.29 is 0 Å². The molecule has 7 atom stereocenters. The molecule has 0 unspecified atom stereocenters. The first-order valence-electron chi connectivity index (χ1n) is 10.6. The highest BCUT2D eigenvalue weighted by Gasteiger charge is 2.63. The van der Waals surface area contributed by atoms with E-state index >= 15 is 0 Å². The van der Waals surface area contributed by atoms with Gasteiger partial charge in [0.25, 0.3) is 0 Å². The highest BCUT2D eigenvalue weighted by atomic mass is 15.2. The van der Waals surface area contributed by atoms with Crippen molar-refractivity contribution in [2.45, 2.75) is 96.9 Å². The van der Waals surface area contributed by atoms with E-state index in [2.05, 4.69) is 30.8 Å². The van der Waals surface area contributed by atoms with Crippen molar-refractivity contribution in [1.82, 2.24) is 0 Å². The maximum atomic E-state index is 9.28. The largest absolute Gasteiger partial charge is 0.0867 e. The molecule has 3 heteroatoms. The van der Waals surface area contributed by atoms with Crippen LogP contribution < -0.4 is 0 Å². The fraction of sp³-hybridized carbons (Fsp3) is 1.00. The summed E-state index contributed by atoms with van der Waals surface area (Å²) in [5.41, 5.74) is 10.1. The zero-order valence-corrected chi connectivity index (χ0v) is 15.9. The molecular formula is C21H35N3. The Bertz CT molecular complexity index is 553. The molecule has 4 saturated carbocycles. The molecule has 0 saturated heterocycles. The SMILES string of the molecule is CC[C@H]1CC[C@H]2[C@@H]3CC[C@]4(N=[N+]=[N-])CCCC[C@]4(C)[C@H]3CC[C@]12C. The standard InChI is InChI=1S/C21H35N3/c1-4-15-7-8-17-16-9-14-21(23-24-22)12-6-5-11-20(21,3)18(16)10-13-19(15,17)2/h15-18H,4-14H2,1-3H3/t15-,16-,17-,18-,19+,20+,21+/m0/s1. The van der Waals surface area contributed by atoms with Crippen LogP contribution in [0.3, 0.4) is 0 Å². The first-order valence-corrected chi connectivity index (χ1v) is 10.6. The Labute approximate surface area is 147 Å². The van der Waals surface area contributed by atoms with Crippen LogP contribution in [-0.4, -0.2) is 5.54 Å². The molecule has 0 aliphatic heterocycles. The van der Waals surface area contributed by atoms with Gasteiger partial charge in [0.15, 0.2) is 0 Å². The molecule has 4 fully saturated rings. The summed E-state index contributed by atoms with van der Waals surface area (Å²) in [5, 5.41) is 4.51. The summed E-state index contributed by atoms with van der Waals surface area (Å²) >= 11 is 0. The van der Waals surface area contributed by atoms with E-state index in [-0.39, 0.29) is 11.0 Å². The summed E-state index contributed by atoms with van der Waals surface area (Å²) in [7, 11) is 0. The van der Waals surface area contributed by atoms with Gasteiger partial charge in [0, 0.05) is 4.91 Å². The van der Waals surface area contributed by atoms with Crippen molar-refractivity contribution in [2.24, 2.45) is 39.6 Å². The van der Waals surface area contributed by atoms with Crippen molar-refractivity contribution in [2.75, 3.05) is 0 Å². The third kappa shape index (κ3) is 2.00. The topological polar surface area (TPSA) is 48.8 Å². The van der Waals surface area contributed by atoms with Gasteiger partial charge in [-0.3, -0.25) is 0 Å². The van der Waals surface area contributed by atoms with Crippen LogP contribution in [0.4, 0.5) is 0 Å². The maximum Gasteiger partial charge on any atom is 0.0544 e. The van der Waals surface area contributed by atoms with E-state index in [4.69, 9.17) is 0 Å². The molecule has 0 radical (unpaired) electrons. The van der Waals surface area contributed by atoms with Gasteiger partial charge in [0.1, 0.15) is 0 Å². The molecule has 4 aliphatic rings. The van der Waals surface area contributed by atoms with E-state index in [0.29, 0.717) is 5.41 Å². The maximum absolute atomic E-state index is 9.28. The Morgan fingerprint density at radius 1 is 0.958 bits per heavy atom. The molecule has 134 valence electrons. The molecular weight excluding hydrogens is 294 g/mol. The minimum Gasteiger partial charge on any atom is -0.0867 e. The fourth-order valence-corrected chi connectivity index (χ4v) is 8.33. The first kappa shape index (κ1) is 16.8. The van der Waals surface area contributed by atoms with Gasteiger partial charge in [-0.05, 0) is 91.4 Å². The Morgan fingerprint density at radius 2 is 1.75 bits per heavy atom. The van der Waals surface area contributed by atoms with E-state index in [1.54, 1.807) is 0 Å². The van der Waals surface area contributed by atoms with Crippen LogP contribution in [-0.2, 0) is 0 Å². The van der Waals surface area contributed by atoms with Crippen molar-refractivity contribution >= 4 is 0 Å². The molecule has 0 aromatic carbocycles. The van der Waals surface area contributed by atoms with Gasteiger partial charge in [-0.25, -0.2) is 0 Å². The molecule has 0 heterocycles. The van der Waals surface area contributed by atoms with Crippen LogP contribution in [0, 0.1) is 34.5 Å². The smallest absolute Gasteiger partial charge is 0.0544 e. The second kappa shape index (κ2) is 5.66. The molecule has 0 amide bonds. The molecule has 4 aliphatic carbocycles. The monoisotopic (exact) mass is 329 g/mol. The Hall–Kier alpha value is -0.690. The van der Waals surface area contributed by atoms with E-state index in [9.17, 15) is 5.53 Å². The molecule has 3 nitrogen and oxygen atoms in total. The zero-order valence-electron chi connectivity index (χ0n) is 15.9. The van der Waals surface area contributed by atoms with Crippen LogP contribution in [0.25, 0.3) is 10.4 Å². The molecule has 0 bridgehead atoms. The van der Waals surface area contributed by atoms with Crippen molar-refractivity contribution in [3.05, 3.63) is 10.4 Å². The van der Waals surface area contributed by atoms with E-state index < -0.39 is 0 Å². The summed E-state index contributed by atoms with van der Waals surface area (Å²) in [6, 6.07) is 0. The number of hydrogen-bond donors (Lipinski definition) is 0. The third-order valence-electron chi connectivity index (χ3n) is 9.67. The molecule has 0 spiro atoms. The molecule has 0 aromatic rings. The van der Waals surface area contributed by atoms with Crippen molar-refractivity contribution in [3.63, 3.8) is 0 Å². The normalized spacial score (nSPS) is 53.5. The van der Waals surface area contributed by atoms with Crippen LogP contribution in [0.2, 0.25) is 0 Å². The lowest BCUT2D eigenvalue weighted by atomic mass is 9.42. The van der Waals surface area contributed by atoms with Gasteiger partial charge >= 0.3 is 0 Å². The summed E-state index contributed by atoms with van der Waals surface area (Å²) in [5.74, 6) is 3.58. The molecule has 0 N–H and O–H groups in total. The van der Waals surface area contributed by atoms with Gasteiger partial charge in [-0.1, -0.05) is 45.1 Å². The minimum absolute atomic E-state index is 0.0718. The summed E-state index contributed by atoms with van der Waals surface area (Å²) < 4.78 is 0. The van der Waals surface area contributed by atoms with Gasteiger partial charge in [-0.2, -0.15) is 0 Å². The van der Waals surface area contributed by atoms with Crippen LogP contribution >= 0.6 is 0 Å². The average Bonchev–Trinajstić information content (AvgIpc) is 2.92. The predicted molar refractivity (Wildman–Crippen MR) is 98.5 cm³/mol. The lowest BCUT2D eigenvalue weighted by Crippen LogP contribution is -2.60. The zero-order chi connectivity index (χ0) is 17.0. The van der Waals surface area contributed by atoms with Gasteiger partial charge in [-0.15, -0.1) is 0 Å². The quantitative estimate of drug-likeness (QED) is 0.301. The minimum atomic E-state index is -0.0718. The van der Waals surface area contributed by atoms with Crippen molar-refractivity contribution in [1.29, 1.82) is 0 Å². The number of hydrogen-bond acceptors (Lipinski definition) is 1. The third-order valence-corrected chi connectivity index (χ3v) is 9.67. The molecule has 24 heavy (non-hydrogen) atoms. The average molecular weight is 330 g/mol. The lowest BCUT2D eigenvalue weighted by molar-refractivity contribution is -0.121. The Balaban J connectivity index is 1.69. The number of azide groups is 1. The second-order valence-corrected chi connectivity index (χ2v) is 9.99. The number of nitrogens with zero attached hydrogens (tertiary/aromatic N) is 3. The lowest BCUT2D eigenvalue weighted by Gasteiger charge is -2.64. The highest BCUT2D eigenvalue weighted by molar-refractivity contribution is 5.16. The second-order valence-electron chi connectivity index (χ2n) is 9.99. The van der Waals surface area contributed by atoms with E-state index in [1.807, 2.05) is 0 Å². The Kier molecular flexibility index (Phi) is 3.95. The predicted octanol–water partition coefficient (Wildman–Crippen LogP) is 6.88. The van der Waals surface area contributed by atoms with Crippen molar-refractivity contribution in [3.8, 4) is 0 Å². The number of rotatable bonds is 2. The van der Waals surface area contributed by atoms with Gasteiger partial charge in [0.2, 0.25) is 0 Å². The molecule has 4 rings (SSSR count). The van der Waals surface area contributed by atoms with E-state index in [1.165, 1.54) is 57.8 Å². The highest BCUT2D eigenvalue weighted by Crippen LogP contribution is 2.69.